The molecule has 2 amide bonds. The van der Waals surface area contributed by atoms with Crippen molar-refractivity contribution in [2.45, 2.75) is 39.5 Å². The second kappa shape index (κ2) is 11.9. The van der Waals surface area contributed by atoms with E-state index in [2.05, 4.69) is 30.0 Å². The minimum Gasteiger partial charge on any atom is -0.354 e. The SMILES string of the molecule is CNCCC(=O)NOCC(=O)NCCCCC(C)C. The van der Waals surface area contributed by atoms with Gasteiger partial charge in [-0.25, -0.2) is 5.48 Å². The number of rotatable bonds is 11. The van der Waals surface area contributed by atoms with Crippen LogP contribution in [-0.2, 0) is 14.4 Å². The Hall–Kier alpha value is -1.14. The Morgan fingerprint density at radius 1 is 1.11 bits per heavy atom. The van der Waals surface area contributed by atoms with Crippen LogP contribution in [0.25, 0.3) is 0 Å². The number of hydroxylamine groups is 1. The molecule has 0 heterocycles. The van der Waals surface area contributed by atoms with Gasteiger partial charge in [-0.05, 0) is 19.4 Å². The van der Waals surface area contributed by atoms with Crippen LogP contribution in [0.3, 0.4) is 0 Å². The first-order valence-corrected chi connectivity index (χ1v) is 6.88. The molecule has 0 rings (SSSR count). The highest BCUT2D eigenvalue weighted by Gasteiger charge is 2.04. The van der Waals surface area contributed by atoms with Gasteiger partial charge in [0.1, 0.15) is 0 Å². The van der Waals surface area contributed by atoms with Gasteiger partial charge < -0.3 is 10.6 Å². The van der Waals surface area contributed by atoms with Crippen molar-refractivity contribution in [3.63, 3.8) is 0 Å². The molecule has 0 spiro atoms. The van der Waals surface area contributed by atoms with Crippen LogP contribution in [0.2, 0.25) is 0 Å². The van der Waals surface area contributed by atoms with Gasteiger partial charge in [-0.1, -0.05) is 26.7 Å². The Labute approximate surface area is 115 Å². The van der Waals surface area contributed by atoms with E-state index in [1.807, 2.05) is 0 Å². The third kappa shape index (κ3) is 13.1. The van der Waals surface area contributed by atoms with Crippen molar-refractivity contribution in [3.05, 3.63) is 0 Å². The standard InChI is InChI=1S/C13H27N3O3/c1-11(2)6-4-5-8-15-13(18)10-19-16-12(17)7-9-14-3/h11,14H,4-10H2,1-3H3,(H,15,18)(H,16,17). The molecule has 0 aliphatic rings. The summed E-state index contributed by atoms with van der Waals surface area (Å²) in [7, 11) is 1.76. The fourth-order valence-corrected chi connectivity index (χ4v) is 1.43. The van der Waals surface area contributed by atoms with Gasteiger partial charge in [0, 0.05) is 19.5 Å². The van der Waals surface area contributed by atoms with Crippen LogP contribution in [-0.4, -0.2) is 38.6 Å². The van der Waals surface area contributed by atoms with Gasteiger partial charge in [0.2, 0.25) is 11.8 Å². The highest BCUT2D eigenvalue weighted by molar-refractivity contribution is 5.78. The molecular formula is C13H27N3O3. The molecule has 0 radical (unpaired) electrons. The maximum atomic E-state index is 11.3. The molecule has 6 heteroatoms. The van der Waals surface area contributed by atoms with Crippen LogP contribution >= 0.6 is 0 Å². The Balaban J connectivity index is 3.37. The maximum absolute atomic E-state index is 11.3. The fourth-order valence-electron chi connectivity index (χ4n) is 1.43. The third-order valence-corrected chi connectivity index (χ3v) is 2.52. The van der Waals surface area contributed by atoms with Crippen molar-refractivity contribution in [1.82, 2.24) is 16.1 Å². The zero-order chi connectivity index (χ0) is 14.5. The minimum atomic E-state index is -0.237. The minimum absolute atomic E-state index is 0.143. The van der Waals surface area contributed by atoms with E-state index in [1.165, 1.54) is 6.42 Å². The lowest BCUT2D eigenvalue weighted by molar-refractivity contribution is -0.139. The molecule has 0 bridgehead atoms. The van der Waals surface area contributed by atoms with E-state index in [-0.39, 0.29) is 18.4 Å². The van der Waals surface area contributed by atoms with Crippen LogP contribution < -0.4 is 16.1 Å². The molecule has 0 aromatic heterocycles. The molecule has 112 valence electrons. The summed E-state index contributed by atoms with van der Waals surface area (Å²) in [6, 6.07) is 0. The zero-order valence-electron chi connectivity index (χ0n) is 12.3. The molecule has 0 saturated carbocycles. The third-order valence-electron chi connectivity index (χ3n) is 2.52. The molecule has 0 unspecified atom stereocenters. The molecule has 0 aromatic carbocycles. The normalized spacial score (nSPS) is 10.5. The summed E-state index contributed by atoms with van der Waals surface area (Å²) in [4.78, 5) is 27.3. The van der Waals surface area contributed by atoms with Gasteiger partial charge in [0.05, 0.1) is 0 Å². The second-order valence-corrected chi connectivity index (χ2v) is 4.91. The van der Waals surface area contributed by atoms with Crippen LogP contribution in [0.15, 0.2) is 0 Å². The fraction of sp³-hybridized carbons (Fsp3) is 0.846. The van der Waals surface area contributed by atoms with E-state index in [0.29, 0.717) is 25.4 Å². The van der Waals surface area contributed by atoms with E-state index >= 15 is 0 Å². The number of unbranched alkanes of at least 4 members (excludes halogenated alkanes) is 1. The lowest BCUT2D eigenvalue weighted by atomic mass is 10.1. The van der Waals surface area contributed by atoms with Crippen molar-refractivity contribution < 1.29 is 14.4 Å². The Kier molecular flexibility index (Phi) is 11.2. The summed E-state index contributed by atoms with van der Waals surface area (Å²) in [6.45, 7) is 5.46. The summed E-state index contributed by atoms with van der Waals surface area (Å²) in [5.41, 5.74) is 2.23. The lowest BCUT2D eigenvalue weighted by Gasteiger charge is -2.07. The Morgan fingerprint density at radius 2 is 1.84 bits per heavy atom. The molecule has 0 fully saturated rings. The van der Waals surface area contributed by atoms with E-state index in [1.54, 1.807) is 7.05 Å². The zero-order valence-corrected chi connectivity index (χ0v) is 12.3. The van der Waals surface area contributed by atoms with Crippen LogP contribution in [0.1, 0.15) is 39.5 Å². The molecule has 0 aliphatic heterocycles. The van der Waals surface area contributed by atoms with Crippen LogP contribution in [0, 0.1) is 5.92 Å². The highest BCUT2D eigenvalue weighted by Crippen LogP contribution is 2.04. The molecule has 0 saturated heterocycles. The van der Waals surface area contributed by atoms with Gasteiger partial charge >= 0.3 is 0 Å². The summed E-state index contributed by atoms with van der Waals surface area (Å²) in [5, 5.41) is 5.60. The number of hydrogen-bond donors (Lipinski definition) is 3. The number of nitrogens with one attached hydrogen (secondary N) is 3. The van der Waals surface area contributed by atoms with E-state index in [0.717, 1.165) is 12.8 Å². The van der Waals surface area contributed by atoms with Crippen molar-refractivity contribution >= 4 is 11.8 Å². The smallest absolute Gasteiger partial charge is 0.248 e. The largest absolute Gasteiger partial charge is 0.354 e. The van der Waals surface area contributed by atoms with Gasteiger partial charge in [0.15, 0.2) is 6.61 Å². The average Bonchev–Trinajstić information content (AvgIpc) is 2.35. The van der Waals surface area contributed by atoms with Crippen molar-refractivity contribution in [2.24, 2.45) is 5.92 Å². The van der Waals surface area contributed by atoms with Gasteiger partial charge in [-0.15, -0.1) is 0 Å². The topological polar surface area (TPSA) is 79.5 Å². The summed E-state index contributed by atoms with van der Waals surface area (Å²) in [6.07, 6.45) is 3.58. The first kappa shape index (κ1) is 17.9. The summed E-state index contributed by atoms with van der Waals surface area (Å²) < 4.78 is 0. The monoisotopic (exact) mass is 273 g/mol. The van der Waals surface area contributed by atoms with Gasteiger partial charge in [0.25, 0.3) is 0 Å². The molecule has 3 N–H and O–H groups in total. The predicted octanol–water partition coefficient (Wildman–Crippen LogP) is 0.586. The van der Waals surface area contributed by atoms with E-state index < -0.39 is 0 Å². The highest BCUT2D eigenvalue weighted by atomic mass is 16.7. The average molecular weight is 273 g/mol. The van der Waals surface area contributed by atoms with E-state index in [4.69, 9.17) is 4.84 Å². The van der Waals surface area contributed by atoms with Crippen molar-refractivity contribution in [1.29, 1.82) is 0 Å². The quantitative estimate of drug-likeness (QED) is 0.380. The number of amides is 2. The van der Waals surface area contributed by atoms with Gasteiger partial charge in [-0.3, -0.25) is 14.4 Å². The van der Waals surface area contributed by atoms with E-state index in [9.17, 15) is 9.59 Å². The van der Waals surface area contributed by atoms with Crippen LogP contribution in [0.4, 0.5) is 0 Å². The lowest BCUT2D eigenvalue weighted by Crippen LogP contribution is -2.34. The number of carbonyl (C=O) groups excluding carboxylic acids is 2. The molecule has 19 heavy (non-hydrogen) atoms. The second-order valence-electron chi connectivity index (χ2n) is 4.91. The van der Waals surface area contributed by atoms with Gasteiger partial charge in [-0.2, -0.15) is 0 Å². The predicted molar refractivity (Wildman–Crippen MR) is 74.3 cm³/mol. The number of hydrogen-bond acceptors (Lipinski definition) is 4. The Morgan fingerprint density at radius 3 is 2.47 bits per heavy atom. The Bertz CT molecular complexity index is 258. The molecule has 6 nitrogen and oxygen atoms in total. The number of carbonyl (C=O) groups is 2. The maximum Gasteiger partial charge on any atom is 0.248 e. The molecule has 0 atom stereocenters. The molecular weight excluding hydrogens is 246 g/mol. The molecule has 0 aliphatic carbocycles. The van der Waals surface area contributed by atoms with Crippen LogP contribution in [0.5, 0.6) is 0 Å². The summed E-state index contributed by atoms with van der Waals surface area (Å²) in [5.74, 6) is 0.254. The molecule has 0 aromatic rings. The van der Waals surface area contributed by atoms with Crippen molar-refractivity contribution in [2.75, 3.05) is 26.7 Å². The van der Waals surface area contributed by atoms with Crippen molar-refractivity contribution in [3.8, 4) is 0 Å². The first-order valence-electron chi connectivity index (χ1n) is 6.88. The summed E-state index contributed by atoms with van der Waals surface area (Å²) >= 11 is 0. The first-order chi connectivity index (χ1) is 9.06.